The van der Waals surface area contributed by atoms with Gasteiger partial charge in [0.05, 0.1) is 22.1 Å². The minimum Gasteiger partial charge on any atom is -0.309 e. The number of hydrogen-bond acceptors (Lipinski definition) is 1. The standard InChI is InChI=1S/C58H36N2S/c1-2-14-44(15-3-1)59-53-19-9-6-16-46(53)50-33-42(28-30-55(50)59)43-29-31-56-51(34-43)47-17-7-10-20-54(47)60(56)45-35-49(58-52(36-45)48-18-8-11-21-57(48)61-58)39-25-22-38(23-26-39)41-27-24-37-12-4-5-13-40(37)32-41/h1-36H. The summed E-state index contributed by atoms with van der Waals surface area (Å²) in [6.45, 7) is 0. The summed E-state index contributed by atoms with van der Waals surface area (Å²) in [7, 11) is 0. The van der Waals surface area contributed by atoms with E-state index in [1.807, 2.05) is 11.3 Å². The van der Waals surface area contributed by atoms with Gasteiger partial charge in [-0.15, -0.1) is 11.3 Å². The minimum absolute atomic E-state index is 1.17. The van der Waals surface area contributed by atoms with Gasteiger partial charge >= 0.3 is 0 Å². The van der Waals surface area contributed by atoms with Gasteiger partial charge < -0.3 is 9.13 Å². The molecule has 10 aromatic carbocycles. The molecule has 2 nitrogen and oxygen atoms in total. The Hall–Kier alpha value is -7.72. The van der Waals surface area contributed by atoms with Crippen LogP contribution in [-0.4, -0.2) is 9.13 Å². The summed E-state index contributed by atoms with van der Waals surface area (Å²) >= 11 is 1.89. The van der Waals surface area contributed by atoms with Crippen LogP contribution < -0.4 is 0 Å². The van der Waals surface area contributed by atoms with Crippen molar-refractivity contribution in [3.8, 4) is 44.8 Å². The molecule has 0 aliphatic rings. The van der Waals surface area contributed by atoms with E-state index < -0.39 is 0 Å². The second kappa shape index (κ2) is 13.4. The van der Waals surface area contributed by atoms with Crippen LogP contribution in [0.5, 0.6) is 0 Å². The molecule has 0 aliphatic heterocycles. The zero-order chi connectivity index (χ0) is 40.0. The molecule has 13 aromatic rings. The third kappa shape index (κ3) is 5.34. The fourth-order valence-corrected chi connectivity index (χ4v) is 11.0. The number of rotatable bonds is 5. The molecule has 0 saturated carbocycles. The molecule has 0 bridgehead atoms. The van der Waals surface area contributed by atoms with E-state index in [-0.39, 0.29) is 0 Å². The molecule has 0 atom stereocenters. The Labute approximate surface area is 356 Å². The van der Waals surface area contributed by atoms with Crippen molar-refractivity contribution in [2.45, 2.75) is 0 Å². The van der Waals surface area contributed by atoms with Crippen molar-refractivity contribution in [1.29, 1.82) is 0 Å². The fraction of sp³-hybridized carbons (Fsp3) is 0. The highest BCUT2D eigenvalue weighted by Gasteiger charge is 2.19. The Balaban J connectivity index is 0.976. The van der Waals surface area contributed by atoms with Crippen LogP contribution in [-0.2, 0) is 0 Å². The second-order valence-corrected chi connectivity index (χ2v) is 17.2. The summed E-state index contributed by atoms with van der Waals surface area (Å²) in [5.74, 6) is 0. The lowest BCUT2D eigenvalue weighted by molar-refractivity contribution is 1.18. The quantitative estimate of drug-likeness (QED) is 0.164. The lowest BCUT2D eigenvalue weighted by Crippen LogP contribution is -1.95. The van der Waals surface area contributed by atoms with Crippen LogP contribution in [0.2, 0.25) is 0 Å². The summed E-state index contributed by atoms with van der Waals surface area (Å²) in [6, 6.07) is 80.5. The predicted molar refractivity (Wildman–Crippen MR) is 262 cm³/mol. The smallest absolute Gasteiger partial charge is 0.0541 e. The Morgan fingerprint density at radius 1 is 0.279 bits per heavy atom. The zero-order valence-electron chi connectivity index (χ0n) is 33.1. The molecule has 13 rings (SSSR count). The lowest BCUT2D eigenvalue weighted by atomic mass is 9.97. The minimum atomic E-state index is 1.17. The Morgan fingerprint density at radius 3 is 1.49 bits per heavy atom. The molecular formula is C58H36N2S. The first-order valence-corrected chi connectivity index (χ1v) is 21.7. The number of hydrogen-bond donors (Lipinski definition) is 0. The van der Waals surface area contributed by atoms with Gasteiger partial charge in [0.15, 0.2) is 0 Å². The second-order valence-electron chi connectivity index (χ2n) is 16.1. The largest absolute Gasteiger partial charge is 0.309 e. The molecule has 0 spiro atoms. The van der Waals surface area contributed by atoms with Crippen LogP contribution in [0.1, 0.15) is 0 Å². The van der Waals surface area contributed by atoms with Gasteiger partial charge in [-0.05, 0) is 111 Å². The van der Waals surface area contributed by atoms with Gasteiger partial charge in [0.2, 0.25) is 0 Å². The van der Waals surface area contributed by atoms with Crippen LogP contribution in [0.25, 0.3) is 119 Å². The molecule has 3 heteroatoms. The molecule has 0 fully saturated rings. The maximum atomic E-state index is 2.48. The van der Waals surface area contributed by atoms with Crippen molar-refractivity contribution < 1.29 is 0 Å². The van der Waals surface area contributed by atoms with E-state index in [1.54, 1.807) is 0 Å². The maximum Gasteiger partial charge on any atom is 0.0541 e. The van der Waals surface area contributed by atoms with Crippen LogP contribution in [0.15, 0.2) is 218 Å². The highest BCUT2D eigenvalue weighted by atomic mass is 32.1. The highest BCUT2D eigenvalue weighted by molar-refractivity contribution is 7.26. The highest BCUT2D eigenvalue weighted by Crippen LogP contribution is 2.44. The first-order chi connectivity index (χ1) is 30.2. The number of para-hydroxylation sites is 3. The zero-order valence-corrected chi connectivity index (χ0v) is 33.9. The summed E-state index contributed by atoms with van der Waals surface area (Å²) in [6.07, 6.45) is 0. The van der Waals surface area contributed by atoms with Crippen molar-refractivity contribution in [2.75, 3.05) is 0 Å². The van der Waals surface area contributed by atoms with Crippen LogP contribution >= 0.6 is 11.3 Å². The maximum absolute atomic E-state index is 2.48. The van der Waals surface area contributed by atoms with Gasteiger partial charge in [-0.3, -0.25) is 0 Å². The number of nitrogens with zero attached hydrogens (tertiary/aromatic N) is 2. The molecule has 0 saturated heterocycles. The molecule has 0 unspecified atom stereocenters. The molecule has 3 heterocycles. The molecule has 0 N–H and O–H groups in total. The van der Waals surface area contributed by atoms with E-state index in [9.17, 15) is 0 Å². The molecular weight excluding hydrogens is 757 g/mol. The fourth-order valence-electron chi connectivity index (χ4n) is 9.80. The van der Waals surface area contributed by atoms with Crippen molar-refractivity contribution in [1.82, 2.24) is 9.13 Å². The van der Waals surface area contributed by atoms with E-state index in [0.29, 0.717) is 0 Å². The van der Waals surface area contributed by atoms with Gasteiger partial charge in [0.25, 0.3) is 0 Å². The average molecular weight is 793 g/mol. The van der Waals surface area contributed by atoms with Gasteiger partial charge in [0.1, 0.15) is 0 Å². The van der Waals surface area contributed by atoms with Gasteiger partial charge in [-0.2, -0.15) is 0 Å². The van der Waals surface area contributed by atoms with E-state index in [2.05, 4.69) is 228 Å². The first kappa shape index (κ1) is 34.2. The van der Waals surface area contributed by atoms with E-state index in [0.717, 1.165) is 0 Å². The van der Waals surface area contributed by atoms with Crippen molar-refractivity contribution >= 4 is 85.9 Å². The predicted octanol–water partition coefficient (Wildman–Crippen LogP) is 16.4. The molecule has 0 aliphatic carbocycles. The van der Waals surface area contributed by atoms with Gasteiger partial charge in [-0.25, -0.2) is 0 Å². The molecule has 0 radical (unpaired) electrons. The number of thiophene rings is 1. The first-order valence-electron chi connectivity index (χ1n) is 20.9. The number of aromatic nitrogens is 2. The van der Waals surface area contributed by atoms with Crippen LogP contribution in [0.4, 0.5) is 0 Å². The topological polar surface area (TPSA) is 9.86 Å². The van der Waals surface area contributed by atoms with E-state index >= 15 is 0 Å². The van der Waals surface area contributed by atoms with Crippen molar-refractivity contribution in [3.63, 3.8) is 0 Å². The Morgan fingerprint density at radius 2 is 0.787 bits per heavy atom. The third-order valence-electron chi connectivity index (χ3n) is 12.7. The molecule has 0 amide bonds. The lowest BCUT2D eigenvalue weighted by Gasteiger charge is -2.13. The summed E-state index contributed by atoms with van der Waals surface area (Å²) < 4.78 is 7.48. The van der Waals surface area contributed by atoms with E-state index in [4.69, 9.17) is 0 Å². The average Bonchev–Trinajstić information content (AvgIpc) is 3.99. The van der Waals surface area contributed by atoms with Gasteiger partial charge in [0, 0.05) is 58.7 Å². The molecule has 61 heavy (non-hydrogen) atoms. The third-order valence-corrected chi connectivity index (χ3v) is 13.9. The number of benzene rings is 10. The SMILES string of the molecule is c1ccc(-n2c3ccccc3c3cc(-c4ccc5c(c4)c4ccccc4n5-c4cc(-c5ccc(-c6ccc7ccccc7c6)cc5)c5sc6ccccc6c5c4)ccc32)cc1. The van der Waals surface area contributed by atoms with Crippen molar-refractivity contribution in [2.24, 2.45) is 0 Å². The molecule has 284 valence electrons. The normalized spacial score (nSPS) is 11.9. The Kier molecular flexibility index (Phi) is 7.51. The Bertz CT molecular complexity index is 3860. The summed E-state index contributed by atoms with van der Waals surface area (Å²) in [4.78, 5) is 0. The summed E-state index contributed by atoms with van der Waals surface area (Å²) in [5, 5.41) is 10.1. The van der Waals surface area contributed by atoms with Gasteiger partial charge in [-0.1, -0.05) is 146 Å². The monoisotopic (exact) mass is 792 g/mol. The van der Waals surface area contributed by atoms with Crippen molar-refractivity contribution in [3.05, 3.63) is 218 Å². The van der Waals surface area contributed by atoms with E-state index in [1.165, 1.54) is 119 Å². The van der Waals surface area contributed by atoms with Crippen LogP contribution in [0, 0.1) is 0 Å². The summed E-state index contributed by atoms with van der Waals surface area (Å²) in [5.41, 5.74) is 14.5. The number of fused-ring (bicyclic) bond motifs is 10. The molecule has 3 aromatic heterocycles. The van der Waals surface area contributed by atoms with Crippen LogP contribution in [0.3, 0.4) is 0 Å².